The largest absolute Gasteiger partial charge is 0.387 e. The molecule has 1 rings (SSSR count). The number of nitrogens with one attached hydrogen (secondary N) is 1. The van der Waals surface area contributed by atoms with Crippen molar-refractivity contribution in [1.29, 1.82) is 0 Å². The summed E-state index contributed by atoms with van der Waals surface area (Å²) < 4.78 is 1.02. The van der Waals surface area contributed by atoms with Crippen LogP contribution in [-0.4, -0.2) is 24.7 Å². The Morgan fingerprint density at radius 2 is 2.19 bits per heavy atom. The number of nitrogens with two attached hydrogens (primary N) is 1. The average Bonchev–Trinajstić information content (AvgIpc) is 2.29. The molecule has 0 aliphatic rings. The second-order valence-electron chi connectivity index (χ2n) is 3.87. The molecule has 4 N–H and O–H groups in total. The second-order valence-corrected chi connectivity index (χ2v) is 4.73. The first-order valence-corrected chi connectivity index (χ1v) is 6.21. The molecule has 0 bridgehead atoms. The average molecular weight is 287 g/mol. The standard InChI is InChI=1S/C12H19BrN2O/c1-8-9(4-3-5-10(8)13)12(16)11(15-2)6-7-14/h3-5,11-12,15-16H,6-7,14H2,1-2H3. The van der Waals surface area contributed by atoms with Crippen LogP contribution in [-0.2, 0) is 0 Å². The van der Waals surface area contributed by atoms with Gasteiger partial charge in [0.2, 0.25) is 0 Å². The lowest BCUT2D eigenvalue weighted by Crippen LogP contribution is -2.34. The second kappa shape index (κ2) is 6.35. The number of benzene rings is 1. The monoisotopic (exact) mass is 286 g/mol. The Hall–Kier alpha value is -0.420. The van der Waals surface area contributed by atoms with Gasteiger partial charge in [-0.25, -0.2) is 0 Å². The molecule has 0 aromatic heterocycles. The van der Waals surface area contributed by atoms with E-state index in [1.807, 2.05) is 32.2 Å². The molecule has 0 saturated carbocycles. The third-order valence-corrected chi connectivity index (χ3v) is 3.72. The number of likely N-dealkylation sites (N-methyl/N-ethyl adjacent to an activating group) is 1. The topological polar surface area (TPSA) is 58.3 Å². The van der Waals surface area contributed by atoms with E-state index in [-0.39, 0.29) is 6.04 Å². The third-order valence-electron chi connectivity index (χ3n) is 2.86. The van der Waals surface area contributed by atoms with Crippen LogP contribution in [0.15, 0.2) is 22.7 Å². The molecule has 0 radical (unpaired) electrons. The molecular weight excluding hydrogens is 268 g/mol. The zero-order valence-electron chi connectivity index (χ0n) is 9.70. The molecular formula is C12H19BrN2O. The first-order valence-electron chi connectivity index (χ1n) is 5.42. The van der Waals surface area contributed by atoms with Gasteiger partial charge in [0.1, 0.15) is 0 Å². The lowest BCUT2D eigenvalue weighted by molar-refractivity contribution is 0.128. The molecule has 0 fully saturated rings. The Balaban J connectivity index is 2.94. The van der Waals surface area contributed by atoms with Gasteiger partial charge in [-0.1, -0.05) is 28.1 Å². The van der Waals surface area contributed by atoms with E-state index < -0.39 is 6.10 Å². The number of hydrogen-bond donors (Lipinski definition) is 3. The Morgan fingerprint density at radius 3 is 2.75 bits per heavy atom. The highest BCUT2D eigenvalue weighted by atomic mass is 79.9. The molecule has 3 nitrogen and oxygen atoms in total. The summed E-state index contributed by atoms with van der Waals surface area (Å²) in [5.74, 6) is 0. The lowest BCUT2D eigenvalue weighted by atomic mass is 9.96. The molecule has 0 aliphatic heterocycles. The van der Waals surface area contributed by atoms with Gasteiger partial charge in [0.05, 0.1) is 6.10 Å². The molecule has 16 heavy (non-hydrogen) atoms. The molecule has 2 atom stereocenters. The molecule has 0 amide bonds. The number of aliphatic hydroxyl groups excluding tert-OH is 1. The molecule has 1 aromatic rings. The molecule has 0 spiro atoms. The van der Waals surface area contributed by atoms with E-state index in [0.29, 0.717) is 6.54 Å². The van der Waals surface area contributed by atoms with Crippen molar-refractivity contribution in [1.82, 2.24) is 5.32 Å². The van der Waals surface area contributed by atoms with Gasteiger partial charge in [-0.3, -0.25) is 0 Å². The Labute approximate surface area is 105 Å². The van der Waals surface area contributed by atoms with Crippen LogP contribution in [0.25, 0.3) is 0 Å². The summed E-state index contributed by atoms with van der Waals surface area (Å²) in [6.07, 6.45) is 0.231. The quantitative estimate of drug-likeness (QED) is 0.773. The molecule has 0 saturated heterocycles. The summed E-state index contributed by atoms with van der Waals surface area (Å²) in [6, 6.07) is 5.86. The lowest BCUT2D eigenvalue weighted by Gasteiger charge is -2.24. The minimum Gasteiger partial charge on any atom is -0.387 e. The predicted octanol–water partition coefficient (Wildman–Crippen LogP) is 1.73. The van der Waals surface area contributed by atoms with Crippen molar-refractivity contribution < 1.29 is 5.11 Å². The molecule has 0 heterocycles. The summed E-state index contributed by atoms with van der Waals surface area (Å²) in [4.78, 5) is 0. The van der Waals surface area contributed by atoms with E-state index in [4.69, 9.17) is 5.73 Å². The summed E-state index contributed by atoms with van der Waals surface area (Å²) in [5, 5.41) is 13.4. The van der Waals surface area contributed by atoms with E-state index in [2.05, 4.69) is 21.2 Å². The zero-order valence-corrected chi connectivity index (χ0v) is 11.3. The summed E-state index contributed by atoms with van der Waals surface area (Å²) in [5.41, 5.74) is 7.55. The maximum Gasteiger partial charge on any atom is 0.0946 e. The predicted molar refractivity (Wildman–Crippen MR) is 70.4 cm³/mol. The summed E-state index contributed by atoms with van der Waals surface area (Å²) >= 11 is 3.47. The van der Waals surface area contributed by atoms with Gasteiger partial charge in [0.25, 0.3) is 0 Å². The Morgan fingerprint density at radius 1 is 1.50 bits per heavy atom. The van der Waals surface area contributed by atoms with Crippen LogP contribution in [0.2, 0.25) is 0 Å². The van der Waals surface area contributed by atoms with E-state index in [1.54, 1.807) is 0 Å². The maximum absolute atomic E-state index is 10.3. The van der Waals surface area contributed by atoms with Crippen molar-refractivity contribution in [3.8, 4) is 0 Å². The number of aliphatic hydroxyl groups is 1. The van der Waals surface area contributed by atoms with Gasteiger partial charge in [-0.05, 0) is 44.1 Å². The van der Waals surface area contributed by atoms with Crippen LogP contribution >= 0.6 is 15.9 Å². The van der Waals surface area contributed by atoms with E-state index >= 15 is 0 Å². The van der Waals surface area contributed by atoms with Gasteiger partial charge >= 0.3 is 0 Å². The van der Waals surface area contributed by atoms with E-state index in [0.717, 1.165) is 22.0 Å². The highest BCUT2D eigenvalue weighted by Crippen LogP contribution is 2.27. The fourth-order valence-electron chi connectivity index (χ4n) is 1.80. The molecule has 2 unspecified atom stereocenters. The van der Waals surface area contributed by atoms with Crippen LogP contribution in [0.4, 0.5) is 0 Å². The van der Waals surface area contributed by atoms with E-state index in [1.165, 1.54) is 0 Å². The molecule has 1 aromatic carbocycles. The van der Waals surface area contributed by atoms with Gasteiger partial charge in [-0.15, -0.1) is 0 Å². The Kier molecular flexibility index (Phi) is 5.41. The fourth-order valence-corrected chi connectivity index (χ4v) is 2.18. The molecule has 90 valence electrons. The van der Waals surface area contributed by atoms with Gasteiger partial charge in [-0.2, -0.15) is 0 Å². The maximum atomic E-state index is 10.3. The van der Waals surface area contributed by atoms with Gasteiger partial charge < -0.3 is 16.2 Å². The molecule has 4 heteroatoms. The van der Waals surface area contributed by atoms with Crippen molar-refractivity contribution in [2.24, 2.45) is 5.73 Å². The Bertz CT molecular complexity index is 344. The van der Waals surface area contributed by atoms with Gasteiger partial charge in [0, 0.05) is 10.5 Å². The first-order chi connectivity index (χ1) is 7.61. The number of rotatable bonds is 5. The minimum absolute atomic E-state index is 0.00185. The van der Waals surface area contributed by atoms with Crippen molar-refractivity contribution in [2.45, 2.75) is 25.5 Å². The summed E-state index contributed by atoms with van der Waals surface area (Å²) in [7, 11) is 1.84. The highest BCUT2D eigenvalue weighted by Gasteiger charge is 2.20. The third kappa shape index (κ3) is 3.04. The van der Waals surface area contributed by atoms with Crippen molar-refractivity contribution in [3.63, 3.8) is 0 Å². The van der Waals surface area contributed by atoms with Gasteiger partial charge in [0.15, 0.2) is 0 Å². The normalized spacial score (nSPS) is 14.8. The first kappa shape index (κ1) is 13.6. The number of halogens is 1. The SMILES string of the molecule is CNC(CCN)C(O)c1cccc(Br)c1C. The smallest absolute Gasteiger partial charge is 0.0946 e. The van der Waals surface area contributed by atoms with Crippen LogP contribution < -0.4 is 11.1 Å². The van der Waals surface area contributed by atoms with Crippen molar-refractivity contribution >= 4 is 15.9 Å². The molecule has 0 aliphatic carbocycles. The van der Waals surface area contributed by atoms with Crippen LogP contribution in [0.1, 0.15) is 23.7 Å². The van der Waals surface area contributed by atoms with Crippen LogP contribution in [0.3, 0.4) is 0 Å². The number of hydrogen-bond acceptors (Lipinski definition) is 3. The zero-order chi connectivity index (χ0) is 12.1. The fraction of sp³-hybridized carbons (Fsp3) is 0.500. The van der Waals surface area contributed by atoms with Crippen molar-refractivity contribution in [2.75, 3.05) is 13.6 Å². The van der Waals surface area contributed by atoms with Crippen molar-refractivity contribution in [3.05, 3.63) is 33.8 Å². The van der Waals surface area contributed by atoms with Crippen LogP contribution in [0.5, 0.6) is 0 Å². The van der Waals surface area contributed by atoms with E-state index in [9.17, 15) is 5.11 Å². The minimum atomic E-state index is -0.522. The highest BCUT2D eigenvalue weighted by molar-refractivity contribution is 9.10. The van der Waals surface area contributed by atoms with Crippen LogP contribution in [0, 0.1) is 6.92 Å². The summed E-state index contributed by atoms with van der Waals surface area (Å²) in [6.45, 7) is 2.56.